The number of aliphatic imine (C=N–C) groups is 1. The molecule has 1 heterocycles. The first-order chi connectivity index (χ1) is 14.8. The van der Waals surface area contributed by atoms with Crippen LogP contribution in [0.2, 0.25) is 0 Å². The van der Waals surface area contributed by atoms with Gasteiger partial charge in [-0.15, -0.1) is 11.3 Å². The molecule has 0 aliphatic carbocycles. The molecule has 2 aromatic rings. The second kappa shape index (κ2) is 12.2. The van der Waals surface area contributed by atoms with Gasteiger partial charge in [-0.25, -0.2) is 9.37 Å². The number of aliphatic hydroxyl groups excluding tert-OH is 1. The molecule has 1 atom stereocenters. The highest BCUT2D eigenvalue weighted by Gasteiger charge is 2.19. The number of amides is 1. The maximum atomic E-state index is 13.3. The van der Waals surface area contributed by atoms with Crippen molar-refractivity contribution < 1.29 is 19.0 Å². The SMILES string of the molecule is CN/C(N=C(Oc1ccc(F)cc1)C(C)Cc1ncc(C)s1)=C(/C)C(=O)NCCCO. The Morgan fingerprint density at radius 1 is 1.35 bits per heavy atom. The maximum absolute atomic E-state index is 13.3. The molecule has 0 fully saturated rings. The third kappa shape index (κ3) is 7.76. The summed E-state index contributed by atoms with van der Waals surface area (Å²) >= 11 is 1.61. The molecule has 31 heavy (non-hydrogen) atoms. The fourth-order valence-corrected chi connectivity index (χ4v) is 3.58. The van der Waals surface area contributed by atoms with E-state index in [9.17, 15) is 9.18 Å². The van der Waals surface area contributed by atoms with Crippen molar-refractivity contribution >= 4 is 23.1 Å². The van der Waals surface area contributed by atoms with Crippen molar-refractivity contribution in [2.24, 2.45) is 10.9 Å². The third-order valence-corrected chi connectivity index (χ3v) is 5.32. The number of aromatic nitrogens is 1. The van der Waals surface area contributed by atoms with Gasteiger partial charge in [0.25, 0.3) is 5.91 Å². The molecule has 1 unspecified atom stereocenters. The summed E-state index contributed by atoms with van der Waals surface area (Å²) < 4.78 is 19.3. The molecule has 1 aromatic heterocycles. The lowest BCUT2D eigenvalue weighted by molar-refractivity contribution is -0.117. The lowest BCUT2D eigenvalue weighted by Gasteiger charge is -2.17. The minimum Gasteiger partial charge on any atom is -0.443 e. The van der Waals surface area contributed by atoms with Crippen molar-refractivity contribution in [3.63, 3.8) is 0 Å². The summed E-state index contributed by atoms with van der Waals surface area (Å²) in [4.78, 5) is 22.5. The molecule has 0 bridgehead atoms. The predicted octanol–water partition coefficient (Wildman–Crippen LogP) is 3.20. The molecule has 3 N–H and O–H groups in total. The highest BCUT2D eigenvalue weighted by Crippen LogP contribution is 2.20. The van der Waals surface area contributed by atoms with Gasteiger partial charge < -0.3 is 20.5 Å². The van der Waals surface area contributed by atoms with E-state index in [4.69, 9.17) is 9.84 Å². The van der Waals surface area contributed by atoms with Crippen molar-refractivity contribution in [1.29, 1.82) is 0 Å². The number of aliphatic hydroxyl groups is 1. The van der Waals surface area contributed by atoms with Gasteiger partial charge in [-0.3, -0.25) is 4.79 Å². The molecule has 0 saturated carbocycles. The van der Waals surface area contributed by atoms with Gasteiger partial charge in [-0.1, -0.05) is 6.92 Å². The first-order valence-electron chi connectivity index (χ1n) is 10.0. The van der Waals surface area contributed by atoms with Gasteiger partial charge in [0.2, 0.25) is 0 Å². The van der Waals surface area contributed by atoms with E-state index in [2.05, 4.69) is 20.6 Å². The van der Waals surface area contributed by atoms with Crippen molar-refractivity contribution in [3.8, 4) is 5.75 Å². The van der Waals surface area contributed by atoms with E-state index in [-0.39, 0.29) is 24.2 Å². The summed E-state index contributed by atoms with van der Waals surface area (Å²) in [6.45, 7) is 5.99. The molecule has 1 aromatic carbocycles. The monoisotopic (exact) mass is 448 g/mol. The van der Waals surface area contributed by atoms with Crippen molar-refractivity contribution in [1.82, 2.24) is 15.6 Å². The van der Waals surface area contributed by atoms with E-state index in [0.29, 0.717) is 42.4 Å². The van der Waals surface area contributed by atoms with E-state index in [1.165, 1.54) is 24.3 Å². The number of thiazole rings is 1. The van der Waals surface area contributed by atoms with Gasteiger partial charge in [0.05, 0.1) is 10.6 Å². The Hall–Kier alpha value is -2.78. The van der Waals surface area contributed by atoms with Crippen LogP contribution < -0.4 is 15.4 Å². The van der Waals surface area contributed by atoms with Crippen molar-refractivity contribution in [2.75, 3.05) is 20.2 Å². The van der Waals surface area contributed by atoms with Crippen LogP contribution in [0.3, 0.4) is 0 Å². The molecule has 9 heteroatoms. The van der Waals surface area contributed by atoms with Crippen LogP contribution in [0, 0.1) is 18.7 Å². The number of hydrogen-bond acceptors (Lipinski definition) is 7. The van der Waals surface area contributed by atoms with Gasteiger partial charge in [-0.05, 0) is 44.5 Å². The molecule has 0 saturated heterocycles. The van der Waals surface area contributed by atoms with Gasteiger partial charge in [0.1, 0.15) is 17.4 Å². The first-order valence-corrected chi connectivity index (χ1v) is 10.9. The second-order valence-electron chi connectivity index (χ2n) is 7.03. The Kier molecular flexibility index (Phi) is 9.61. The zero-order valence-corrected chi connectivity index (χ0v) is 19.1. The smallest absolute Gasteiger partial charge is 0.250 e. The van der Waals surface area contributed by atoms with Gasteiger partial charge >= 0.3 is 0 Å². The van der Waals surface area contributed by atoms with Crippen molar-refractivity contribution in [2.45, 2.75) is 33.6 Å². The van der Waals surface area contributed by atoms with Crippen LogP contribution in [0.15, 0.2) is 46.8 Å². The van der Waals surface area contributed by atoms with Gasteiger partial charge in [-0.2, -0.15) is 4.99 Å². The number of benzene rings is 1. The number of nitrogens with one attached hydrogen (secondary N) is 2. The molecular formula is C22H29FN4O3S. The van der Waals surface area contributed by atoms with Crippen LogP contribution >= 0.6 is 11.3 Å². The Balaban J connectivity index is 2.32. The highest BCUT2D eigenvalue weighted by atomic mass is 32.1. The van der Waals surface area contributed by atoms with E-state index < -0.39 is 0 Å². The van der Waals surface area contributed by atoms with Crippen LogP contribution in [0.4, 0.5) is 4.39 Å². The minimum atomic E-state index is -0.358. The van der Waals surface area contributed by atoms with E-state index in [1.54, 1.807) is 25.3 Å². The summed E-state index contributed by atoms with van der Waals surface area (Å²) in [5.74, 6) is 0.397. The molecule has 0 aliphatic rings. The molecule has 7 nitrogen and oxygen atoms in total. The number of carbonyl (C=O) groups is 1. The first kappa shape index (κ1) is 24.5. The minimum absolute atomic E-state index is 0.00345. The topological polar surface area (TPSA) is 95.8 Å². The maximum Gasteiger partial charge on any atom is 0.250 e. The second-order valence-corrected chi connectivity index (χ2v) is 8.35. The average molecular weight is 449 g/mol. The van der Waals surface area contributed by atoms with Crippen LogP contribution in [-0.4, -0.2) is 42.1 Å². The standard InChI is InChI=1S/C22H29FN4O3S/c1-14(12-19-26-13-15(2)31-19)22(30-18-8-6-17(23)7-9-18)27-20(24-4)16(3)21(29)25-10-5-11-28/h6-9,13-14,24,28H,5,10-12H2,1-4H3,(H,25,29)/b20-16+,27-22?. The van der Waals surface area contributed by atoms with Crippen LogP contribution in [0.25, 0.3) is 0 Å². The van der Waals surface area contributed by atoms with Gasteiger partial charge in [0, 0.05) is 43.6 Å². The Morgan fingerprint density at radius 3 is 2.65 bits per heavy atom. The van der Waals surface area contributed by atoms with Gasteiger partial charge in [0.15, 0.2) is 5.90 Å². The number of ether oxygens (including phenoxy) is 1. The summed E-state index contributed by atoms with van der Waals surface area (Å²) in [5.41, 5.74) is 0.387. The summed E-state index contributed by atoms with van der Waals surface area (Å²) in [5, 5.41) is 15.5. The Morgan fingerprint density at radius 2 is 2.06 bits per heavy atom. The fourth-order valence-electron chi connectivity index (χ4n) is 2.66. The van der Waals surface area contributed by atoms with Crippen LogP contribution in [0.1, 0.15) is 30.2 Å². The number of hydrogen-bond donors (Lipinski definition) is 3. The number of nitrogens with zero attached hydrogens (tertiary/aromatic N) is 2. The van der Waals surface area contributed by atoms with E-state index >= 15 is 0 Å². The molecule has 0 spiro atoms. The summed E-state index contributed by atoms with van der Waals surface area (Å²) in [6.07, 6.45) is 2.90. The lowest BCUT2D eigenvalue weighted by atomic mass is 10.1. The highest BCUT2D eigenvalue weighted by molar-refractivity contribution is 7.11. The number of carbonyl (C=O) groups excluding carboxylic acids is 1. The average Bonchev–Trinajstić information content (AvgIpc) is 3.16. The number of rotatable bonds is 10. The summed E-state index contributed by atoms with van der Waals surface area (Å²) in [6, 6.07) is 5.69. The molecule has 168 valence electrons. The fraction of sp³-hybridized carbons (Fsp3) is 0.409. The molecule has 0 aliphatic heterocycles. The Labute approximate surface area is 186 Å². The quantitative estimate of drug-likeness (QED) is 0.225. The molecule has 0 radical (unpaired) electrons. The molecule has 1 amide bonds. The van der Waals surface area contributed by atoms with E-state index in [1.807, 2.05) is 20.0 Å². The van der Waals surface area contributed by atoms with Crippen LogP contribution in [-0.2, 0) is 11.2 Å². The molecule has 2 rings (SSSR count). The predicted molar refractivity (Wildman–Crippen MR) is 121 cm³/mol. The zero-order valence-electron chi connectivity index (χ0n) is 18.2. The zero-order chi connectivity index (χ0) is 22.8. The third-order valence-electron chi connectivity index (χ3n) is 4.38. The van der Waals surface area contributed by atoms with Crippen LogP contribution in [0.5, 0.6) is 5.75 Å². The van der Waals surface area contributed by atoms with Crippen molar-refractivity contribution in [3.05, 3.63) is 57.6 Å². The normalized spacial score (nSPS) is 13.4. The summed E-state index contributed by atoms with van der Waals surface area (Å²) in [7, 11) is 1.67. The largest absolute Gasteiger partial charge is 0.443 e. The molecular weight excluding hydrogens is 419 g/mol. The number of aryl methyl sites for hydroxylation is 1. The number of halogens is 1. The Bertz CT molecular complexity index is 925. The van der Waals surface area contributed by atoms with E-state index in [0.717, 1.165) is 9.88 Å². The lowest BCUT2D eigenvalue weighted by Crippen LogP contribution is -2.29.